The number of aromatic nitrogens is 1. The zero-order chi connectivity index (χ0) is 19.2. The molecule has 5 nitrogen and oxygen atoms in total. The minimum absolute atomic E-state index is 0.000308. The summed E-state index contributed by atoms with van der Waals surface area (Å²) in [6.07, 6.45) is 2.76. The standard InChI is InChI=1S/C19H20F2N4OS/c1-26-17-14-6-19(15-3-2-12(20)5-16(15)21)11(9-27-18(23)25-19)4-13(14)10(7-22)8-24-17/h2-3,5,8,11H,4,6-7,9,22H2,1H3,(H2,23,25)/t11-,19-/m0/s1. The Morgan fingerprint density at radius 1 is 1.33 bits per heavy atom. The molecule has 2 heterocycles. The Kier molecular flexibility index (Phi) is 4.55. The number of halogens is 2. The summed E-state index contributed by atoms with van der Waals surface area (Å²) >= 11 is 1.46. The molecular formula is C19H20F2N4OS. The molecule has 4 N–H and O–H groups in total. The molecule has 1 aromatic carbocycles. The van der Waals surface area contributed by atoms with Gasteiger partial charge in [-0.2, -0.15) is 0 Å². The molecule has 4 rings (SSSR count). The second kappa shape index (κ2) is 6.76. The fourth-order valence-electron chi connectivity index (χ4n) is 4.19. The van der Waals surface area contributed by atoms with Crippen molar-refractivity contribution in [2.75, 3.05) is 12.9 Å². The maximum atomic E-state index is 14.8. The fourth-order valence-corrected chi connectivity index (χ4v) is 5.18. The topological polar surface area (TPSA) is 86.5 Å². The van der Waals surface area contributed by atoms with Crippen molar-refractivity contribution in [1.82, 2.24) is 4.98 Å². The van der Waals surface area contributed by atoms with Crippen LogP contribution in [0.25, 0.3) is 0 Å². The first-order valence-electron chi connectivity index (χ1n) is 8.66. The fraction of sp³-hybridized carbons (Fsp3) is 0.368. The lowest BCUT2D eigenvalue weighted by Crippen LogP contribution is -2.47. The van der Waals surface area contributed by atoms with Gasteiger partial charge in [-0.25, -0.2) is 13.8 Å². The molecule has 0 bridgehead atoms. The van der Waals surface area contributed by atoms with E-state index < -0.39 is 17.2 Å². The zero-order valence-electron chi connectivity index (χ0n) is 14.8. The predicted octanol–water partition coefficient (Wildman–Crippen LogP) is 2.50. The van der Waals surface area contributed by atoms with Crippen molar-refractivity contribution in [3.8, 4) is 5.88 Å². The molecule has 0 unspecified atom stereocenters. The van der Waals surface area contributed by atoms with E-state index in [0.717, 1.165) is 22.8 Å². The zero-order valence-corrected chi connectivity index (χ0v) is 15.7. The van der Waals surface area contributed by atoms with Crippen molar-refractivity contribution in [2.45, 2.75) is 24.9 Å². The van der Waals surface area contributed by atoms with Crippen molar-refractivity contribution >= 4 is 16.9 Å². The molecule has 0 spiro atoms. The van der Waals surface area contributed by atoms with E-state index in [0.29, 0.717) is 41.8 Å². The smallest absolute Gasteiger partial charge is 0.216 e. The number of rotatable bonds is 3. The molecule has 0 radical (unpaired) electrons. The third-order valence-corrected chi connectivity index (χ3v) is 6.43. The SMILES string of the molecule is COc1ncc(CN)c2c1C[C@]1(c3ccc(F)cc3F)N=C(N)SC[C@@H]1C2. The Bertz CT molecular complexity index is 936. The van der Waals surface area contributed by atoms with Gasteiger partial charge >= 0.3 is 0 Å². The van der Waals surface area contributed by atoms with Crippen molar-refractivity contribution < 1.29 is 13.5 Å². The molecule has 1 aromatic heterocycles. The molecule has 2 aliphatic rings. The van der Waals surface area contributed by atoms with Crippen molar-refractivity contribution in [2.24, 2.45) is 22.4 Å². The number of hydrogen-bond acceptors (Lipinski definition) is 6. The Balaban J connectivity index is 1.95. The Morgan fingerprint density at radius 2 is 2.15 bits per heavy atom. The molecular weight excluding hydrogens is 370 g/mol. The first kappa shape index (κ1) is 18.2. The Labute approximate surface area is 160 Å². The minimum atomic E-state index is -0.914. The summed E-state index contributed by atoms with van der Waals surface area (Å²) in [7, 11) is 1.55. The number of methoxy groups -OCH3 is 1. The van der Waals surface area contributed by atoms with Crippen LogP contribution in [0.2, 0.25) is 0 Å². The average Bonchev–Trinajstić information content (AvgIpc) is 2.65. The minimum Gasteiger partial charge on any atom is -0.481 e. The number of aliphatic imine (C=N–C) groups is 1. The lowest BCUT2D eigenvalue weighted by molar-refractivity contribution is 0.261. The second-order valence-corrected chi connectivity index (χ2v) is 7.88. The lowest BCUT2D eigenvalue weighted by atomic mass is 9.67. The number of hydrogen-bond donors (Lipinski definition) is 2. The highest BCUT2D eigenvalue weighted by Crippen LogP contribution is 2.50. The molecule has 0 fully saturated rings. The van der Waals surface area contributed by atoms with Crippen molar-refractivity contribution in [1.29, 1.82) is 0 Å². The van der Waals surface area contributed by atoms with Crippen LogP contribution in [0.3, 0.4) is 0 Å². The van der Waals surface area contributed by atoms with Gasteiger partial charge in [-0.05, 0) is 23.6 Å². The molecule has 2 atom stereocenters. The summed E-state index contributed by atoms with van der Waals surface area (Å²) in [5, 5.41) is 0.403. The number of nitrogens with zero attached hydrogens (tertiary/aromatic N) is 2. The summed E-state index contributed by atoms with van der Waals surface area (Å²) < 4.78 is 33.8. The van der Waals surface area contributed by atoms with Crippen LogP contribution in [-0.2, 0) is 24.9 Å². The average molecular weight is 390 g/mol. The van der Waals surface area contributed by atoms with Crippen LogP contribution >= 0.6 is 11.8 Å². The molecule has 0 saturated heterocycles. The van der Waals surface area contributed by atoms with Gasteiger partial charge < -0.3 is 16.2 Å². The van der Waals surface area contributed by atoms with Crippen LogP contribution < -0.4 is 16.2 Å². The third-order valence-electron chi connectivity index (χ3n) is 5.47. The number of amidine groups is 1. The van der Waals surface area contributed by atoms with Gasteiger partial charge in [0.15, 0.2) is 5.17 Å². The van der Waals surface area contributed by atoms with Crippen LogP contribution in [0.5, 0.6) is 5.88 Å². The number of benzene rings is 1. The Hall–Kier alpha value is -2.19. The van der Waals surface area contributed by atoms with E-state index in [1.165, 1.54) is 23.9 Å². The van der Waals surface area contributed by atoms with Crippen molar-refractivity contribution in [3.63, 3.8) is 0 Å². The van der Waals surface area contributed by atoms with Gasteiger partial charge in [0.25, 0.3) is 0 Å². The Morgan fingerprint density at radius 3 is 2.85 bits per heavy atom. The van der Waals surface area contributed by atoms with Crippen LogP contribution in [0.4, 0.5) is 8.78 Å². The van der Waals surface area contributed by atoms with E-state index >= 15 is 0 Å². The third kappa shape index (κ3) is 2.87. The maximum Gasteiger partial charge on any atom is 0.216 e. The molecule has 27 heavy (non-hydrogen) atoms. The van der Waals surface area contributed by atoms with E-state index in [2.05, 4.69) is 4.98 Å². The van der Waals surface area contributed by atoms with Gasteiger partial charge in [0.05, 0.1) is 12.6 Å². The second-order valence-electron chi connectivity index (χ2n) is 6.84. The summed E-state index contributed by atoms with van der Waals surface area (Å²) in [5.41, 5.74) is 14.3. The monoisotopic (exact) mass is 390 g/mol. The van der Waals surface area contributed by atoms with E-state index in [1.807, 2.05) is 0 Å². The van der Waals surface area contributed by atoms with E-state index in [-0.39, 0.29) is 5.92 Å². The molecule has 0 amide bonds. The number of thioether (sulfide) groups is 1. The first-order valence-corrected chi connectivity index (χ1v) is 9.64. The lowest BCUT2D eigenvalue weighted by Gasteiger charge is -2.45. The summed E-state index contributed by atoms with van der Waals surface area (Å²) in [6.45, 7) is 0.364. The van der Waals surface area contributed by atoms with E-state index in [9.17, 15) is 8.78 Å². The van der Waals surface area contributed by atoms with Gasteiger partial charge in [-0.15, -0.1) is 0 Å². The quantitative estimate of drug-likeness (QED) is 0.841. The number of ether oxygens (including phenoxy) is 1. The largest absolute Gasteiger partial charge is 0.481 e. The number of nitrogens with two attached hydrogens (primary N) is 2. The van der Waals surface area contributed by atoms with E-state index in [1.54, 1.807) is 13.3 Å². The first-order chi connectivity index (χ1) is 13.0. The molecule has 142 valence electrons. The molecule has 8 heteroatoms. The normalized spacial score (nSPS) is 24.0. The van der Waals surface area contributed by atoms with Gasteiger partial charge in [-0.1, -0.05) is 17.8 Å². The van der Waals surface area contributed by atoms with E-state index in [4.69, 9.17) is 21.2 Å². The van der Waals surface area contributed by atoms with Gasteiger partial charge in [0.1, 0.15) is 11.6 Å². The van der Waals surface area contributed by atoms with Crippen LogP contribution in [-0.4, -0.2) is 23.0 Å². The molecule has 1 aliphatic carbocycles. The van der Waals surface area contributed by atoms with Crippen LogP contribution in [0.1, 0.15) is 22.3 Å². The van der Waals surface area contributed by atoms with Gasteiger partial charge in [0, 0.05) is 48.0 Å². The number of pyridine rings is 1. The summed E-state index contributed by atoms with van der Waals surface area (Å²) in [4.78, 5) is 9.07. The maximum absolute atomic E-state index is 14.8. The summed E-state index contributed by atoms with van der Waals surface area (Å²) in [6, 6.07) is 3.64. The van der Waals surface area contributed by atoms with Crippen molar-refractivity contribution in [3.05, 3.63) is 58.3 Å². The molecule has 2 aromatic rings. The summed E-state index contributed by atoms with van der Waals surface area (Å²) in [5.74, 6) is -0.0597. The molecule has 0 saturated carbocycles. The van der Waals surface area contributed by atoms with Crippen LogP contribution in [0.15, 0.2) is 29.4 Å². The highest BCUT2D eigenvalue weighted by molar-refractivity contribution is 8.13. The number of fused-ring (bicyclic) bond motifs is 2. The predicted molar refractivity (Wildman–Crippen MR) is 102 cm³/mol. The van der Waals surface area contributed by atoms with Crippen LogP contribution in [0, 0.1) is 17.6 Å². The highest BCUT2D eigenvalue weighted by Gasteiger charge is 2.49. The van der Waals surface area contributed by atoms with Gasteiger partial charge in [-0.3, -0.25) is 4.99 Å². The molecule has 1 aliphatic heterocycles. The highest BCUT2D eigenvalue weighted by atomic mass is 32.2. The van der Waals surface area contributed by atoms with Gasteiger partial charge in [0.2, 0.25) is 5.88 Å².